The normalized spacial score (nSPS) is 11.6. The van der Waals surface area contributed by atoms with Crippen molar-refractivity contribution in [1.82, 2.24) is 0 Å². The maximum Gasteiger partial charge on any atom is 0.178 e. The molecule has 0 aliphatic heterocycles. The maximum absolute atomic E-state index is 6.82. The van der Waals surface area contributed by atoms with E-state index < -0.39 is 0 Å². The van der Waals surface area contributed by atoms with Gasteiger partial charge in [-0.25, -0.2) is 0 Å². The molecule has 0 amide bonds. The number of benzene rings is 11. The first-order valence-electron chi connectivity index (χ1n) is 23.5. The van der Waals surface area contributed by atoms with Crippen molar-refractivity contribution < 1.29 is 18.3 Å². The van der Waals surface area contributed by atoms with Crippen LogP contribution >= 0.6 is 0 Å². The number of rotatable bonds is 10. The zero-order valence-electron chi connectivity index (χ0n) is 38.5. The van der Waals surface area contributed by atoms with E-state index in [1.54, 1.807) is 0 Å². The van der Waals surface area contributed by atoms with Gasteiger partial charge in [0.2, 0.25) is 0 Å². The molecule has 0 atom stereocenters. The van der Waals surface area contributed by atoms with Crippen LogP contribution in [0.3, 0.4) is 0 Å². The minimum atomic E-state index is 0.744. The van der Waals surface area contributed by atoms with Crippen molar-refractivity contribution in [2.75, 3.05) is 9.80 Å². The molecule has 13 aromatic rings. The number of ether oxygens (including phenoxy) is 2. The Labute approximate surface area is 404 Å². The Hall–Kier alpha value is -9.26. The fourth-order valence-electron chi connectivity index (χ4n) is 9.86. The Morgan fingerprint density at radius 2 is 0.671 bits per heavy atom. The summed E-state index contributed by atoms with van der Waals surface area (Å²) in [7, 11) is 0. The Morgan fingerprint density at radius 1 is 0.300 bits per heavy atom. The molecule has 0 aliphatic rings. The Balaban J connectivity index is 0.869. The standard InChI is InChI=1S/C64H44N2O4/c1-41-13-9-11-19-59(41)65(47-25-29-53(30-26-47)67-51-15-5-3-6-16-51)49-23-21-43-37-57-55-33-34-56-58-38-44-22-24-50(36-46(44)40-62(58)70-64(56)63(55)69-61(57)39-45(43)35-49)66(60-20-12-10-14-42(60)2)48-27-31-54(32-28-48)68-52-17-7-4-8-18-52/h3-40H,1-2H3. The average molecular weight is 905 g/mol. The second kappa shape index (κ2) is 16.8. The lowest BCUT2D eigenvalue weighted by atomic mass is 10.0. The molecular formula is C64H44N2O4. The topological polar surface area (TPSA) is 51.2 Å². The van der Waals surface area contributed by atoms with Gasteiger partial charge in [0, 0.05) is 55.7 Å². The summed E-state index contributed by atoms with van der Waals surface area (Å²) >= 11 is 0. The SMILES string of the molecule is Cc1ccccc1N(c1ccc(Oc2ccccc2)cc1)c1ccc2cc3c(cc2c1)oc1c3ccc2c3cc4ccc(N(c5ccc(Oc6ccccc6)cc5)c5ccccc5C)cc4cc3oc21. The molecule has 13 rings (SSSR count). The van der Waals surface area contributed by atoms with Gasteiger partial charge in [0.05, 0.1) is 0 Å². The molecule has 0 N–H and O–H groups in total. The van der Waals surface area contributed by atoms with Crippen molar-refractivity contribution in [3.63, 3.8) is 0 Å². The minimum Gasteiger partial charge on any atom is -0.457 e. The molecule has 0 bridgehead atoms. The maximum atomic E-state index is 6.82. The third-order valence-corrected chi connectivity index (χ3v) is 13.3. The summed E-state index contributed by atoms with van der Waals surface area (Å²) < 4.78 is 25.9. The fraction of sp³-hybridized carbons (Fsp3) is 0.0312. The summed E-state index contributed by atoms with van der Waals surface area (Å²) in [5.41, 5.74) is 11.8. The molecule has 0 unspecified atom stereocenters. The molecule has 334 valence electrons. The number of anilines is 6. The molecule has 0 saturated heterocycles. The Bertz CT molecular complexity index is 3820. The van der Waals surface area contributed by atoms with Gasteiger partial charge in [-0.05, 0) is 192 Å². The number of furan rings is 2. The molecule has 0 aliphatic carbocycles. The van der Waals surface area contributed by atoms with Crippen LogP contribution in [0.25, 0.3) is 65.4 Å². The smallest absolute Gasteiger partial charge is 0.178 e. The van der Waals surface area contributed by atoms with Crippen molar-refractivity contribution >= 4 is 99.5 Å². The van der Waals surface area contributed by atoms with Crippen molar-refractivity contribution in [2.24, 2.45) is 0 Å². The molecule has 0 saturated carbocycles. The third-order valence-electron chi connectivity index (χ3n) is 13.3. The highest BCUT2D eigenvalue weighted by Gasteiger charge is 2.21. The number of para-hydroxylation sites is 4. The highest BCUT2D eigenvalue weighted by atomic mass is 16.5. The fourth-order valence-corrected chi connectivity index (χ4v) is 9.86. The first-order chi connectivity index (χ1) is 34.5. The van der Waals surface area contributed by atoms with E-state index in [-0.39, 0.29) is 0 Å². The van der Waals surface area contributed by atoms with Gasteiger partial charge in [0.15, 0.2) is 11.2 Å². The van der Waals surface area contributed by atoms with Crippen LogP contribution in [0, 0.1) is 13.8 Å². The quantitative estimate of drug-likeness (QED) is 0.136. The number of nitrogens with zero attached hydrogens (tertiary/aromatic N) is 2. The summed E-state index contributed by atoms with van der Waals surface area (Å²) in [5.74, 6) is 3.16. The van der Waals surface area contributed by atoms with Crippen molar-refractivity contribution in [1.29, 1.82) is 0 Å². The van der Waals surface area contributed by atoms with Gasteiger partial charge in [0.25, 0.3) is 0 Å². The van der Waals surface area contributed by atoms with E-state index >= 15 is 0 Å². The molecule has 0 spiro atoms. The Kier molecular flexibility index (Phi) is 9.84. The van der Waals surface area contributed by atoms with E-state index in [1.807, 2.05) is 84.9 Å². The second-order valence-electron chi connectivity index (χ2n) is 17.8. The largest absolute Gasteiger partial charge is 0.457 e. The summed E-state index contributed by atoms with van der Waals surface area (Å²) in [4.78, 5) is 4.60. The lowest BCUT2D eigenvalue weighted by molar-refractivity contribution is 0.482. The van der Waals surface area contributed by atoms with E-state index in [0.29, 0.717) is 0 Å². The predicted octanol–water partition coefficient (Wildman–Crippen LogP) is 18.9. The van der Waals surface area contributed by atoms with E-state index in [0.717, 1.165) is 123 Å². The molecule has 70 heavy (non-hydrogen) atoms. The van der Waals surface area contributed by atoms with Gasteiger partial charge in [-0.1, -0.05) is 84.9 Å². The summed E-state index contributed by atoms with van der Waals surface area (Å²) in [6.45, 7) is 4.30. The van der Waals surface area contributed by atoms with Gasteiger partial charge in [-0.3, -0.25) is 0 Å². The van der Waals surface area contributed by atoms with Crippen LogP contribution in [0.2, 0.25) is 0 Å². The van der Waals surface area contributed by atoms with Gasteiger partial charge in [-0.2, -0.15) is 0 Å². The molecular weight excluding hydrogens is 861 g/mol. The minimum absolute atomic E-state index is 0.744. The van der Waals surface area contributed by atoms with E-state index in [9.17, 15) is 0 Å². The predicted molar refractivity (Wildman–Crippen MR) is 288 cm³/mol. The lowest BCUT2D eigenvalue weighted by Crippen LogP contribution is -2.11. The molecule has 2 heterocycles. The van der Waals surface area contributed by atoms with Gasteiger partial charge in [-0.15, -0.1) is 0 Å². The molecule has 11 aromatic carbocycles. The van der Waals surface area contributed by atoms with Crippen LogP contribution in [0.4, 0.5) is 34.1 Å². The monoisotopic (exact) mass is 904 g/mol. The van der Waals surface area contributed by atoms with Crippen molar-refractivity contribution in [3.8, 4) is 23.0 Å². The summed E-state index contributed by atoms with van der Waals surface area (Å²) in [6, 6.07) is 79.7. The number of hydrogen-bond acceptors (Lipinski definition) is 6. The van der Waals surface area contributed by atoms with Gasteiger partial charge < -0.3 is 28.1 Å². The second-order valence-corrected chi connectivity index (χ2v) is 17.8. The summed E-state index contributed by atoms with van der Waals surface area (Å²) in [5, 5.41) is 8.54. The molecule has 6 nitrogen and oxygen atoms in total. The van der Waals surface area contributed by atoms with Crippen LogP contribution in [0.15, 0.2) is 239 Å². The first kappa shape index (κ1) is 41.0. The van der Waals surface area contributed by atoms with Crippen molar-refractivity contribution in [2.45, 2.75) is 13.8 Å². The van der Waals surface area contributed by atoms with Crippen LogP contribution in [-0.4, -0.2) is 0 Å². The van der Waals surface area contributed by atoms with Crippen LogP contribution < -0.4 is 19.3 Å². The van der Waals surface area contributed by atoms with Gasteiger partial charge >= 0.3 is 0 Å². The zero-order valence-corrected chi connectivity index (χ0v) is 38.5. The van der Waals surface area contributed by atoms with Gasteiger partial charge in [0.1, 0.15) is 34.2 Å². The highest BCUT2D eigenvalue weighted by molar-refractivity contribution is 6.21. The molecule has 0 radical (unpaired) electrons. The molecule has 6 heteroatoms. The lowest BCUT2D eigenvalue weighted by Gasteiger charge is -2.27. The number of fused-ring (bicyclic) bond motifs is 9. The highest BCUT2D eigenvalue weighted by Crippen LogP contribution is 2.45. The Morgan fingerprint density at radius 3 is 1.09 bits per heavy atom. The number of aryl methyl sites for hydroxylation is 2. The van der Waals surface area contributed by atoms with E-state index in [4.69, 9.17) is 18.3 Å². The zero-order chi connectivity index (χ0) is 46.7. The molecule has 2 aromatic heterocycles. The van der Waals surface area contributed by atoms with Crippen LogP contribution in [0.5, 0.6) is 23.0 Å². The van der Waals surface area contributed by atoms with E-state index in [1.165, 1.54) is 11.1 Å². The molecule has 0 fully saturated rings. The first-order valence-corrected chi connectivity index (χ1v) is 23.5. The average Bonchev–Trinajstić information content (AvgIpc) is 3.95. The van der Waals surface area contributed by atoms with Crippen LogP contribution in [0.1, 0.15) is 11.1 Å². The summed E-state index contributed by atoms with van der Waals surface area (Å²) in [6.07, 6.45) is 0. The third kappa shape index (κ3) is 7.30. The van der Waals surface area contributed by atoms with Crippen molar-refractivity contribution in [3.05, 3.63) is 242 Å². The number of hydrogen-bond donors (Lipinski definition) is 0. The van der Waals surface area contributed by atoms with Crippen LogP contribution in [-0.2, 0) is 0 Å². The van der Waals surface area contributed by atoms with E-state index in [2.05, 4.69) is 169 Å².